The number of thiophene rings is 1. The number of hydrogen-bond donors (Lipinski definition) is 1. The number of hydrogen-bond acceptors (Lipinski definition) is 3. The second-order valence-electron chi connectivity index (χ2n) is 3.42. The molecule has 1 atom stereocenters. The van der Waals surface area contributed by atoms with Gasteiger partial charge in [0.25, 0.3) is 0 Å². The normalized spacial score (nSPS) is 12.7. The van der Waals surface area contributed by atoms with Gasteiger partial charge >= 0.3 is 0 Å². The Morgan fingerprint density at radius 1 is 1.38 bits per heavy atom. The molecular weight excluding hydrogens is 308 g/mol. The van der Waals surface area contributed by atoms with Crippen molar-refractivity contribution in [3.8, 4) is 0 Å². The molecule has 2 nitrogen and oxygen atoms in total. The number of nitrogens with zero attached hydrogens (tertiary/aromatic N) is 1. The van der Waals surface area contributed by atoms with E-state index in [2.05, 4.69) is 27.0 Å². The van der Waals surface area contributed by atoms with Gasteiger partial charge in [0.1, 0.15) is 0 Å². The summed E-state index contributed by atoms with van der Waals surface area (Å²) in [6, 6.07) is 7.71. The lowest BCUT2D eigenvalue weighted by molar-refractivity contribution is 0.704. The molecular formula is C11H10BrClN2S. The van der Waals surface area contributed by atoms with Gasteiger partial charge in [-0.05, 0) is 40.2 Å². The van der Waals surface area contributed by atoms with Gasteiger partial charge in [-0.1, -0.05) is 11.6 Å². The summed E-state index contributed by atoms with van der Waals surface area (Å²) >= 11 is 10.9. The van der Waals surface area contributed by atoms with Gasteiger partial charge in [0.15, 0.2) is 0 Å². The maximum Gasteiger partial charge on any atom is 0.0701 e. The lowest BCUT2D eigenvalue weighted by Crippen LogP contribution is -2.14. The molecule has 0 fully saturated rings. The Kier molecular flexibility index (Phi) is 3.97. The van der Waals surface area contributed by atoms with Crippen LogP contribution in [-0.4, -0.2) is 4.98 Å². The molecule has 84 valence electrons. The summed E-state index contributed by atoms with van der Waals surface area (Å²) in [5.41, 5.74) is 6.94. The molecule has 16 heavy (non-hydrogen) atoms. The van der Waals surface area contributed by atoms with Gasteiger partial charge in [-0.15, -0.1) is 11.3 Å². The summed E-state index contributed by atoms with van der Waals surface area (Å²) in [4.78, 5) is 5.46. The van der Waals surface area contributed by atoms with Gasteiger partial charge in [-0.3, -0.25) is 4.98 Å². The van der Waals surface area contributed by atoms with Crippen LogP contribution in [0, 0.1) is 0 Å². The molecule has 5 heteroatoms. The van der Waals surface area contributed by atoms with Crippen LogP contribution in [0.3, 0.4) is 0 Å². The van der Waals surface area contributed by atoms with Crippen molar-refractivity contribution < 1.29 is 0 Å². The summed E-state index contributed by atoms with van der Waals surface area (Å²) in [5.74, 6) is 0. The Bertz CT molecular complexity index is 469. The summed E-state index contributed by atoms with van der Waals surface area (Å²) in [7, 11) is 0. The van der Waals surface area contributed by atoms with Crippen LogP contribution in [0.5, 0.6) is 0 Å². The lowest BCUT2D eigenvalue weighted by atomic mass is 10.1. The molecule has 2 aromatic rings. The minimum atomic E-state index is -0.0807. The Labute approximate surface area is 112 Å². The molecule has 2 N–H and O–H groups in total. The number of nitrogens with two attached hydrogens (primary N) is 1. The van der Waals surface area contributed by atoms with Crippen LogP contribution in [0.25, 0.3) is 0 Å². The number of aromatic nitrogens is 1. The van der Waals surface area contributed by atoms with Crippen LogP contribution in [0.2, 0.25) is 5.02 Å². The van der Waals surface area contributed by atoms with Gasteiger partial charge in [0.2, 0.25) is 0 Å². The first kappa shape index (κ1) is 12.0. The molecule has 0 saturated heterocycles. The Morgan fingerprint density at radius 3 is 2.75 bits per heavy atom. The smallest absolute Gasteiger partial charge is 0.0701 e. The third-order valence-electron chi connectivity index (χ3n) is 2.18. The lowest BCUT2D eigenvalue weighted by Gasteiger charge is -2.09. The van der Waals surface area contributed by atoms with Crippen LogP contribution in [0.15, 0.2) is 34.2 Å². The highest BCUT2D eigenvalue weighted by Crippen LogP contribution is 2.25. The number of rotatable bonds is 3. The van der Waals surface area contributed by atoms with E-state index in [-0.39, 0.29) is 6.04 Å². The number of pyridine rings is 1. The van der Waals surface area contributed by atoms with E-state index in [1.165, 1.54) is 4.88 Å². The second-order valence-corrected chi connectivity index (χ2v) is 6.40. The highest BCUT2D eigenvalue weighted by atomic mass is 79.9. The van der Waals surface area contributed by atoms with Crippen LogP contribution in [-0.2, 0) is 6.42 Å². The maximum atomic E-state index is 6.07. The SMILES string of the molecule is NC(Cc1ccc(Br)s1)c1ccc(Cl)cn1. The van der Waals surface area contributed by atoms with Crippen molar-refractivity contribution in [3.63, 3.8) is 0 Å². The Balaban J connectivity index is 2.08. The zero-order chi connectivity index (χ0) is 11.5. The van der Waals surface area contributed by atoms with Crippen molar-refractivity contribution in [1.82, 2.24) is 4.98 Å². The van der Waals surface area contributed by atoms with E-state index in [0.29, 0.717) is 5.02 Å². The van der Waals surface area contributed by atoms with E-state index in [1.807, 2.05) is 18.2 Å². The van der Waals surface area contributed by atoms with E-state index >= 15 is 0 Å². The van der Waals surface area contributed by atoms with Crippen molar-refractivity contribution in [1.29, 1.82) is 0 Å². The molecule has 2 rings (SSSR count). The van der Waals surface area contributed by atoms with Gasteiger partial charge < -0.3 is 5.73 Å². The van der Waals surface area contributed by atoms with Crippen molar-refractivity contribution in [3.05, 3.63) is 49.8 Å². The van der Waals surface area contributed by atoms with Crippen LogP contribution in [0.4, 0.5) is 0 Å². The van der Waals surface area contributed by atoms with Crippen molar-refractivity contribution in [2.75, 3.05) is 0 Å². The molecule has 1 unspecified atom stereocenters. The molecule has 0 aliphatic rings. The van der Waals surface area contributed by atoms with E-state index in [1.54, 1.807) is 17.5 Å². The van der Waals surface area contributed by atoms with Gasteiger partial charge in [-0.2, -0.15) is 0 Å². The van der Waals surface area contributed by atoms with Crippen LogP contribution in [0.1, 0.15) is 16.6 Å². The first-order valence-corrected chi connectivity index (χ1v) is 6.75. The fourth-order valence-electron chi connectivity index (χ4n) is 1.39. The van der Waals surface area contributed by atoms with Crippen molar-refractivity contribution in [2.45, 2.75) is 12.5 Å². The van der Waals surface area contributed by atoms with Crippen molar-refractivity contribution in [2.24, 2.45) is 5.73 Å². The molecule has 0 aromatic carbocycles. The Morgan fingerprint density at radius 2 is 2.19 bits per heavy atom. The predicted molar refractivity (Wildman–Crippen MR) is 71.9 cm³/mol. The minimum Gasteiger partial charge on any atom is -0.322 e. The average Bonchev–Trinajstić information content (AvgIpc) is 2.65. The third-order valence-corrected chi connectivity index (χ3v) is 4.05. The average molecular weight is 318 g/mol. The monoisotopic (exact) mass is 316 g/mol. The first-order chi connectivity index (χ1) is 7.65. The zero-order valence-electron chi connectivity index (χ0n) is 8.36. The molecule has 0 radical (unpaired) electrons. The first-order valence-electron chi connectivity index (χ1n) is 4.76. The quantitative estimate of drug-likeness (QED) is 0.935. The van der Waals surface area contributed by atoms with Crippen molar-refractivity contribution >= 4 is 38.9 Å². The third kappa shape index (κ3) is 3.04. The fourth-order valence-corrected chi connectivity index (χ4v) is 3.04. The van der Waals surface area contributed by atoms with Crippen LogP contribution >= 0.6 is 38.9 Å². The van der Waals surface area contributed by atoms with Gasteiger partial charge in [0.05, 0.1) is 20.5 Å². The highest BCUT2D eigenvalue weighted by Gasteiger charge is 2.09. The molecule has 0 spiro atoms. The Hall–Kier alpha value is -0.420. The largest absolute Gasteiger partial charge is 0.322 e. The summed E-state index contributed by atoms with van der Waals surface area (Å²) < 4.78 is 1.12. The molecule has 0 bridgehead atoms. The molecule has 0 amide bonds. The van der Waals surface area contributed by atoms with E-state index < -0.39 is 0 Å². The molecule has 2 aromatic heterocycles. The van der Waals surface area contributed by atoms with E-state index in [4.69, 9.17) is 17.3 Å². The van der Waals surface area contributed by atoms with Gasteiger partial charge in [-0.25, -0.2) is 0 Å². The summed E-state index contributed by atoms with van der Waals surface area (Å²) in [6.07, 6.45) is 2.42. The fraction of sp³-hybridized carbons (Fsp3) is 0.182. The van der Waals surface area contributed by atoms with Gasteiger partial charge in [0, 0.05) is 17.5 Å². The molecule has 0 saturated carbocycles. The molecule has 0 aliphatic heterocycles. The van der Waals surface area contributed by atoms with E-state index in [0.717, 1.165) is 15.9 Å². The predicted octanol–water partition coefficient (Wildman–Crippen LogP) is 3.80. The van der Waals surface area contributed by atoms with E-state index in [9.17, 15) is 0 Å². The topological polar surface area (TPSA) is 38.9 Å². The maximum absolute atomic E-state index is 6.07. The standard InChI is InChI=1S/C11H10BrClN2S/c12-11-4-2-8(16-11)5-9(14)10-3-1-7(13)6-15-10/h1-4,6,9H,5,14H2. The highest BCUT2D eigenvalue weighted by molar-refractivity contribution is 9.11. The number of halogens is 2. The molecule has 0 aliphatic carbocycles. The summed E-state index contributed by atoms with van der Waals surface area (Å²) in [6.45, 7) is 0. The summed E-state index contributed by atoms with van der Waals surface area (Å²) in [5, 5.41) is 0.634. The van der Waals surface area contributed by atoms with Crippen LogP contribution < -0.4 is 5.73 Å². The second kappa shape index (κ2) is 5.27. The molecule has 2 heterocycles. The zero-order valence-corrected chi connectivity index (χ0v) is 11.5. The minimum absolute atomic E-state index is 0.0807.